The van der Waals surface area contributed by atoms with Crippen molar-refractivity contribution in [2.45, 2.75) is 4.20 Å². The minimum absolute atomic E-state index is 0.235. The second-order valence-electron chi connectivity index (χ2n) is 5.08. The Morgan fingerprint density at radius 2 is 1.00 bits per heavy atom. The van der Waals surface area contributed by atoms with Crippen LogP contribution in [0.4, 0.5) is 0 Å². The summed E-state index contributed by atoms with van der Waals surface area (Å²) in [6, 6.07) is 31.6. The number of nitriles is 1. The van der Waals surface area contributed by atoms with Gasteiger partial charge in [-0.3, -0.25) is 0 Å². The first-order valence-corrected chi connectivity index (χ1v) is 11.3. The zero-order valence-electron chi connectivity index (χ0n) is 12.5. The third kappa shape index (κ3) is 3.22. The minimum atomic E-state index is -0.332. The summed E-state index contributed by atoms with van der Waals surface area (Å²) in [5, 5.41) is 11.5. The topological polar surface area (TPSA) is 23.8 Å². The molecule has 0 aliphatic heterocycles. The van der Waals surface area contributed by atoms with Gasteiger partial charge in [0.15, 0.2) is 0 Å². The Morgan fingerprint density at radius 3 is 1.30 bits per heavy atom. The standard InChI is InChI=1S/C20H15AsNS/c22-16-23-21-20(17-10-4-1-5-11-17,18-12-6-2-7-13-18)19-14-8-3-9-15-19/h1-15H. The maximum absolute atomic E-state index is 9.21. The third-order valence-corrected chi connectivity index (χ3v) is 8.68. The van der Waals surface area contributed by atoms with Crippen molar-refractivity contribution in [2.75, 3.05) is 0 Å². The van der Waals surface area contributed by atoms with Crippen LogP contribution in [0.5, 0.6) is 0 Å². The monoisotopic (exact) mass is 376 g/mol. The summed E-state index contributed by atoms with van der Waals surface area (Å²) in [5.74, 6) is 0. The van der Waals surface area contributed by atoms with Crippen LogP contribution < -0.4 is 0 Å². The predicted molar refractivity (Wildman–Crippen MR) is 98.2 cm³/mol. The average Bonchev–Trinajstić information content (AvgIpc) is 2.65. The molecule has 1 radical (unpaired) electrons. The van der Waals surface area contributed by atoms with E-state index in [9.17, 15) is 5.26 Å². The van der Waals surface area contributed by atoms with Crippen LogP contribution in [0.25, 0.3) is 0 Å². The van der Waals surface area contributed by atoms with E-state index in [1.807, 2.05) is 18.2 Å². The Kier molecular flexibility index (Phi) is 5.23. The first-order chi connectivity index (χ1) is 11.4. The number of hydrogen-bond donors (Lipinski definition) is 0. The first kappa shape index (κ1) is 15.9. The Balaban J connectivity index is 2.28. The van der Waals surface area contributed by atoms with E-state index >= 15 is 0 Å². The van der Waals surface area contributed by atoms with Crippen molar-refractivity contribution in [3.8, 4) is 5.40 Å². The van der Waals surface area contributed by atoms with E-state index in [1.165, 1.54) is 26.7 Å². The van der Waals surface area contributed by atoms with Gasteiger partial charge in [-0.2, -0.15) is 0 Å². The first-order valence-electron chi connectivity index (χ1n) is 7.32. The molecule has 0 unspecified atom stereocenters. The van der Waals surface area contributed by atoms with E-state index < -0.39 is 0 Å². The van der Waals surface area contributed by atoms with Crippen molar-refractivity contribution >= 4 is 24.6 Å². The van der Waals surface area contributed by atoms with Crippen LogP contribution in [0.3, 0.4) is 0 Å². The molecule has 1 nitrogen and oxygen atoms in total. The second-order valence-corrected chi connectivity index (χ2v) is 9.34. The number of rotatable bonds is 5. The normalized spacial score (nSPS) is 11.4. The van der Waals surface area contributed by atoms with Crippen molar-refractivity contribution in [2.24, 2.45) is 0 Å². The van der Waals surface area contributed by atoms with E-state index in [1.54, 1.807) is 0 Å². The zero-order chi connectivity index (χ0) is 16.0. The van der Waals surface area contributed by atoms with Crippen LogP contribution in [0.15, 0.2) is 91.0 Å². The Labute approximate surface area is 147 Å². The van der Waals surface area contributed by atoms with Gasteiger partial charge in [0.25, 0.3) is 0 Å². The molecule has 0 amide bonds. The molecule has 3 rings (SSSR count). The summed E-state index contributed by atoms with van der Waals surface area (Å²) >= 11 is -0.332. The molecule has 0 aliphatic carbocycles. The van der Waals surface area contributed by atoms with Crippen LogP contribution in [0.1, 0.15) is 16.7 Å². The molecule has 23 heavy (non-hydrogen) atoms. The van der Waals surface area contributed by atoms with Gasteiger partial charge in [-0.1, -0.05) is 0 Å². The summed E-state index contributed by atoms with van der Waals surface area (Å²) in [7, 11) is 1.40. The van der Waals surface area contributed by atoms with Crippen molar-refractivity contribution in [3.05, 3.63) is 108 Å². The van der Waals surface area contributed by atoms with Crippen molar-refractivity contribution in [1.29, 1.82) is 5.26 Å². The van der Waals surface area contributed by atoms with Gasteiger partial charge in [0.1, 0.15) is 0 Å². The molecule has 0 saturated heterocycles. The summed E-state index contributed by atoms with van der Waals surface area (Å²) < 4.78 is -0.235. The van der Waals surface area contributed by atoms with Crippen LogP contribution >= 0.6 is 10.0 Å². The molecular formula is C20H15AsNS. The fourth-order valence-electron chi connectivity index (χ4n) is 2.79. The number of benzene rings is 3. The quantitative estimate of drug-likeness (QED) is 0.362. The molecule has 0 aromatic heterocycles. The van der Waals surface area contributed by atoms with Gasteiger partial charge >= 0.3 is 147 Å². The van der Waals surface area contributed by atoms with E-state index in [0.29, 0.717) is 0 Å². The summed E-state index contributed by atoms with van der Waals surface area (Å²) in [6.45, 7) is 0. The Bertz CT molecular complexity index is 685. The average molecular weight is 376 g/mol. The van der Waals surface area contributed by atoms with Gasteiger partial charge in [-0.05, 0) is 0 Å². The Hall–Kier alpha value is -1.94. The second kappa shape index (κ2) is 7.55. The molecule has 0 N–H and O–H groups in total. The van der Waals surface area contributed by atoms with Gasteiger partial charge in [0, 0.05) is 0 Å². The fourth-order valence-corrected chi connectivity index (χ4v) is 7.33. The van der Waals surface area contributed by atoms with Gasteiger partial charge in [-0.15, -0.1) is 0 Å². The molecule has 0 spiro atoms. The molecule has 0 atom stereocenters. The molecule has 3 aromatic rings. The van der Waals surface area contributed by atoms with Gasteiger partial charge in [-0.25, -0.2) is 0 Å². The number of thiocyanates is 1. The van der Waals surface area contributed by atoms with Crippen LogP contribution in [-0.2, 0) is 4.20 Å². The van der Waals surface area contributed by atoms with Crippen LogP contribution in [0.2, 0.25) is 0 Å². The predicted octanol–water partition coefficient (Wildman–Crippen LogP) is 4.81. The summed E-state index contributed by atoms with van der Waals surface area (Å²) in [6.07, 6.45) is 0. The third-order valence-electron chi connectivity index (χ3n) is 3.80. The van der Waals surface area contributed by atoms with E-state index in [2.05, 4.69) is 78.2 Å². The number of hydrogen-bond acceptors (Lipinski definition) is 2. The fraction of sp³-hybridized carbons (Fsp3) is 0.0500. The SMILES string of the molecule is N#CS[As]C(c1ccccc1)(c1ccccc1)c1ccccc1. The molecular weight excluding hydrogens is 361 g/mol. The van der Waals surface area contributed by atoms with Crippen LogP contribution in [-0.4, -0.2) is 14.6 Å². The molecule has 0 saturated carbocycles. The Morgan fingerprint density at radius 1 is 0.652 bits per heavy atom. The molecule has 0 aliphatic rings. The number of nitrogens with zero attached hydrogens (tertiary/aromatic N) is 1. The molecule has 3 heteroatoms. The molecule has 111 valence electrons. The van der Waals surface area contributed by atoms with E-state index in [-0.39, 0.29) is 18.8 Å². The van der Waals surface area contributed by atoms with Gasteiger partial charge < -0.3 is 0 Å². The van der Waals surface area contributed by atoms with Gasteiger partial charge in [0.2, 0.25) is 0 Å². The van der Waals surface area contributed by atoms with E-state index in [4.69, 9.17) is 0 Å². The van der Waals surface area contributed by atoms with Crippen molar-refractivity contribution < 1.29 is 0 Å². The van der Waals surface area contributed by atoms with Crippen molar-refractivity contribution in [3.63, 3.8) is 0 Å². The maximum atomic E-state index is 9.21. The van der Waals surface area contributed by atoms with Crippen LogP contribution in [0, 0.1) is 10.7 Å². The van der Waals surface area contributed by atoms with E-state index in [0.717, 1.165) is 0 Å². The molecule has 0 fully saturated rings. The molecule has 0 heterocycles. The summed E-state index contributed by atoms with van der Waals surface area (Å²) in [5.41, 5.74) is 3.75. The van der Waals surface area contributed by atoms with Crippen molar-refractivity contribution in [1.82, 2.24) is 0 Å². The summed E-state index contributed by atoms with van der Waals surface area (Å²) in [4.78, 5) is 0. The molecule has 3 aromatic carbocycles. The molecule has 0 bridgehead atoms. The van der Waals surface area contributed by atoms with Gasteiger partial charge in [0.05, 0.1) is 0 Å². The zero-order valence-corrected chi connectivity index (χ0v) is 15.2.